The van der Waals surface area contributed by atoms with Crippen LogP contribution in [0.15, 0.2) is 29.2 Å². The molecule has 7 nitrogen and oxygen atoms in total. The van der Waals surface area contributed by atoms with E-state index >= 15 is 0 Å². The van der Waals surface area contributed by atoms with Gasteiger partial charge in [0.2, 0.25) is 10.0 Å². The Bertz CT molecular complexity index is 833. The first kappa shape index (κ1) is 23.5. The highest BCUT2D eigenvalue weighted by Crippen LogP contribution is 2.34. The Morgan fingerprint density at radius 1 is 1.24 bits per heavy atom. The van der Waals surface area contributed by atoms with Gasteiger partial charge in [-0.25, -0.2) is 17.6 Å². The molecule has 0 saturated carbocycles. The zero-order chi connectivity index (χ0) is 21.9. The molecule has 2 fully saturated rings. The van der Waals surface area contributed by atoms with Crippen molar-refractivity contribution < 1.29 is 40.6 Å². The van der Waals surface area contributed by atoms with Crippen LogP contribution in [-0.2, 0) is 19.6 Å². The molecule has 3 rings (SSSR count). The van der Waals surface area contributed by atoms with E-state index < -0.39 is 28.0 Å². The Morgan fingerprint density at radius 2 is 1.90 bits per heavy atom. The topological polar surface area (TPSA) is 87.2 Å². The van der Waals surface area contributed by atoms with Gasteiger partial charge in [0.25, 0.3) is 0 Å². The molecule has 2 aliphatic rings. The van der Waals surface area contributed by atoms with Crippen LogP contribution in [0.25, 0.3) is 0 Å². The van der Waals surface area contributed by atoms with Crippen LogP contribution in [0.3, 0.4) is 0 Å². The molecule has 2 saturated heterocycles. The summed E-state index contributed by atoms with van der Waals surface area (Å²) < 4.78 is 77.8. The predicted octanol–water partition coefficient (Wildman–Crippen LogP) is 1.80. The standard InChI is InChI=1S/C15H21FN2O3S.C2HF3O2/c1-17-6-5-15(10-17)11-18(7-8-21-12-15)22(19,20)14-4-2-3-13(16)9-14;3-2(4,5)1(6)7/h2-4,9H,5-8,10-12H2,1H3;(H,6,7). The number of halogens is 4. The molecule has 0 radical (unpaired) electrons. The lowest BCUT2D eigenvalue weighted by Crippen LogP contribution is -2.43. The van der Waals surface area contributed by atoms with Crippen LogP contribution in [0, 0.1) is 11.2 Å². The molecule has 29 heavy (non-hydrogen) atoms. The summed E-state index contributed by atoms with van der Waals surface area (Å²) in [7, 11) is -1.66. The Labute approximate surface area is 165 Å². The summed E-state index contributed by atoms with van der Waals surface area (Å²) in [4.78, 5) is 11.1. The van der Waals surface area contributed by atoms with Crippen LogP contribution in [0.5, 0.6) is 0 Å². The van der Waals surface area contributed by atoms with Crippen molar-refractivity contribution in [3.05, 3.63) is 30.1 Å². The number of carboxylic acids is 1. The third-order valence-electron chi connectivity index (χ3n) is 4.71. The minimum atomic E-state index is -5.08. The molecule has 1 spiro atoms. The van der Waals surface area contributed by atoms with E-state index in [1.807, 2.05) is 7.05 Å². The second-order valence-electron chi connectivity index (χ2n) is 7.14. The first-order valence-electron chi connectivity index (χ1n) is 8.68. The van der Waals surface area contributed by atoms with Crippen molar-refractivity contribution in [3.63, 3.8) is 0 Å². The van der Waals surface area contributed by atoms with E-state index in [-0.39, 0.29) is 10.3 Å². The summed E-state index contributed by atoms with van der Waals surface area (Å²) in [5, 5.41) is 7.12. The second-order valence-corrected chi connectivity index (χ2v) is 9.08. The van der Waals surface area contributed by atoms with E-state index in [4.69, 9.17) is 14.6 Å². The van der Waals surface area contributed by atoms with Crippen molar-refractivity contribution in [1.82, 2.24) is 9.21 Å². The average Bonchev–Trinajstić information content (AvgIpc) is 2.84. The Balaban J connectivity index is 0.000000370. The Hall–Kier alpha value is -1.76. The van der Waals surface area contributed by atoms with Crippen molar-refractivity contribution in [2.75, 3.05) is 46.4 Å². The summed E-state index contributed by atoms with van der Waals surface area (Å²) in [5.74, 6) is -3.30. The lowest BCUT2D eigenvalue weighted by Gasteiger charge is -2.31. The third kappa shape index (κ3) is 6.11. The van der Waals surface area contributed by atoms with Crippen molar-refractivity contribution in [1.29, 1.82) is 0 Å². The number of benzene rings is 1. The van der Waals surface area contributed by atoms with Gasteiger partial charge < -0.3 is 14.7 Å². The molecule has 164 valence electrons. The van der Waals surface area contributed by atoms with E-state index in [1.54, 1.807) is 0 Å². The van der Waals surface area contributed by atoms with Crippen LogP contribution >= 0.6 is 0 Å². The number of hydrogen-bond donors (Lipinski definition) is 1. The maximum Gasteiger partial charge on any atom is 0.490 e. The molecule has 1 aromatic rings. The first-order chi connectivity index (χ1) is 13.4. The van der Waals surface area contributed by atoms with E-state index in [1.165, 1.54) is 22.5 Å². The van der Waals surface area contributed by atoms with Gasteiger partial charge in [0.15, 0.2) is 0 Å². The average molecular weight is 442 g/mol. The van der Waals surface area contributed by atoms with Crippen LogP contribution in [-0.4, -0.2) is 81.3 Å². The summed E-state index contributed by atoms with van der Waals surface area (Å²) in [6.45, 7) is 3.45. The van der Waals surface area contributed by atoms with Gasteiger partial charge in [0.1, 0.15) is 5.82 Å². The van der Waals surface area contributed by atoms with Gasteiger partial charge in [-0.05, 0) is 38.2 Å². The molecule has 0 aliphatic carbocycles. The molecule has 2 aliphatic heterocycles. The predicted molar refractivity (Wildman–Crippen MR) is 94.2 cm³/mol. The number of aliphatic carboxylic acids is 1. The first-order valence-corrected chi connectivity index (χ1v) is 10.1. The van der Waals surface area contributed by atoms with Crippen molar-refractivity contribution in [2.45, 2.75) is 17.5 Å². The molecule has 1 unspecified atom stereocenters. The van der Waals surface area contributed by atoms with E-state index in [0.29, 0.717) is 26.3 Å². The summed E-state index contributed by atoms with van der Waals surface area (Å²) in [5.41, 5.74) is -0.161. The minimum absolute atomic E-state index is 0.0101. The van der Waals surface area contributed by atoms with E-state index in [0.717, 1.165) is 25.6 Å². The lowest BCUT2D eigenvalue weighted by molar-refractivity contribution is -0.192. The molecule has 1 aromatic carbocycles. The molecule has 1 atom stereocenters. The number of rotatable bonds is 2. The van der Waals surface area contributed by atoms with Crippen LogP contribution in [0.1, 0.15) is 6.42 Å². The van der Waals surface area contributed by atoms with Crippen LogP contribution in [0.2, 0.25) is 0 Å². The largest absolute Gasteiger partial charge is 0.490 e. The molecule has 1 N–H and O–H groups in total. The van der Waals surface area contributed by atoms with Gasteiger partial charge in [-0.15, -0.1) is 0 Å². The number of carbonyl (C=O) groups is 1. The Morgan fingerprint density at radius 3 is 2.41 bits per heavy atom. The van der Waals surface area contributed by atoms with Gasteiger partial charge in [-0.1, -0.05) is 6.07 Å². The normalized spacial score (nSPS) is 24.0. The summed E-state index contributed by atoms with van der Waals surface area (Å²) in [6.07, 6.45) is -4.17. The molecule has 0 amide bonds. The zero-order valence-corrected chi connectivity index (χ0v) is 16.5. The second kappa shape index (κ2) is 8.94. The highest BCUT2D eigenvalue weighted by atomic mass is 32.2. The van der Waals surface area contributed by atoms with Crippen molar-refractivity contribution in [3.8, 4) is 0 Å². The summed E-state index contributed by atoms with van der Waals surface area (Å²) in [6, 6.07) is 5.19. The highest BCUT2D eigenvalue weighted by Gasteiger charge is 2.43. The van der Waals surface area contributed by atoms with Crippen LogP contribution in [0.4, 0.5) is 17.6 Å². The Kier molecular flexibility index (Phi) is 7.25. The van der Waals surface area contributed by atoms with Crippen molar-refractivity contribution in [2.24, 2.45) is 5.41 Å². The number of hydrogen-bond acceptors (Lipinski definition) is 5. The quantitative estimate of drug-likeness (QED) is 0.703. The third-order valence-corrected chi connectivity index (χ3v) is 6.55. The minimum Gasteiger partial charge on any atom is -0.475 e. The fraction of sp³-hybridized carbons (Fsp3) is 0.588. The van der Waals surface area contributed by atoms with Crippen molar-refractivity contribution >= 4 is 16.0 Å². The molecule has 0 aromatic heterocycles. The van der Waals surface area contributed by atoms with Gasteiger partial charge in [-0.3, -0.25) is 0 Å². The smallest absolute Gasteiger partial charge is 0.475 e. The SMILES string of the molecule is CN1CCC2(COCCN(S(=O)(=O)c3cccc(F)c3)C2)C1.O=C(O)C(F)(F)F. The summed E-state index contributed by atoms with van der Waals surface area (Å²) >= 11 is 0. The molecule has 12 heteroatoms. The monoisotopic (exact) mass is 442 g/mol. The highest BCUT2D eigenvalue weighted by molar-refractivity contribution is 7.89. The molecular weight excluding hydrogens is 420 g/mol. The van der Waals surface area contributed by atoms with Gasteiger partial charge in [0.05, 0.1) is 18.1 Å². The van der Waals surface area contributed by atoms with E-state index in [9.17, 15) is 26.0 Å². The van der Waals surface area contributed by atoms with Gasteiger partial charge in [0, 0.05) is 25.0 Å². The number of nitrogens with zero attached hydrogens (tertiary/aromatic N) is 2. The molecular formula is C17H22F4N2O5S. The van der Waals surface area contributed by atoms with Crippen LogP contribution < -0.4 is 0 Å². The van der Waals surface area contributed by atoms with Gasteiger partial charge >= 0.3 is 12.1 Å². The fourth-order valence-corrected chi connectivity index (χ4v) is 4.91. The fourth-order valence-electron chi connectivity index (χ4n) is 3.34. The lowest BCUT2D eigenvalue weighted by atomic mass is 9.88. The zero-order valence-electron chi connectivity index (χ0n) is 15.7. The van der Waals surface area contributed by atoms with E-state index in [2.05, 4.69) is 4.90 Å². The number of carboxylic acid groups (broad SMARTS) is 1. The maximum absolute atomic E-state index is 13.4. The number of ether oxygens (including phenoxy) is 1. The maximum atomic E-state index is 13.4. The number of likely N-dealkylation sites (tertiary alicyclic amines) is 1. The number of alkyl halides is 3. The molecule has 0 bridgehead atoms. The number of sulfonamides is 1. The molecule has 2 heterocycles. The van der Waals surface area contributed by atoms with Gasteiger partial charge in [-0.2, -0.15) is 17.5 Å².